The van der Waals surface area contributed by atoms with Gasteiger partial charge in [0, 0.05) is 0 Å². The van der Waals surface area contributed by atoms with Gasteiger partial charge in [0.1, 0.15) is 24.6 Å². The van der Waals surface area contributed by atoms with Crippen molar-refractivity contribution in [2.24, 2.45) is 24.2 Å². The third-order valence-corrected chi connectivity index (χ3v) is 2.88. The first-order valence-electron chi connectivity index (χ1n) is 6.89. The summed E-state index contributed by atoms with van der Waals surface area (Å²) in [6.07, 6.45) is 9.20. The summed E-state index contributed by atoms with van der Waals surface area (Å²) in [6.45, 7) is 2.68. The lowest BCUT2D eigenvalue weighted by atomic mass is 10.1. The van der Waals surface area contributed by atoms with Gasteiger partial charge in [0.05, 0.1) is 7.05 Å². The molecule has 1 aromatic heterocycles. The van der Waals surface area contributed by atoms with Crippen molar-refractivity contribution in [3.05, 3.63) is 18.7 Å². The molecule has 0 radical (unpaired) electrons. The number of carboxylic acid groups (broad SMARTS) is 1. The van der Waals surface area contributed by atoms with Crippen LogP contribution in [0.3, 0.4) is 0 Å². The number of aryl methyl sites for hydroxylation is 1. The molecule has 0 bridgehead atoms. The van der Waals surface area contributed by atoms with Crippen LogP contribution in [0.15, 0.2) is 18.7 Å². The third-order valence-electron chi connectivity index (χ3n) is 2.88. The molecule has 7 heteroatoms. The molecule has 1 unspecified atom stereocenters. The largest absolute Gasteiger partial charge is 0.480 e. The summed E-state index contributed by atoms with van der Waals surface area (Å²) in [5.74, 6) is -0.933. The van der Waals surface area contributed by atoms with Crippen molar-refractivity contribution < 1.29 is 14.5 Å². The second-order valence-electron chi connectivity index (χ2n) is 4.73. The Morgan fingerprint density at radius 2 is 2.05 bits per heavy atom. The summed E-state index contributed by atoms with van der Waals surface area (Å²) in [7, 11) is 1.98. The molecule has 2 atom stereocenters. The van der Waals surface area contributed by atoms with E-state index >= 15 is 0 Å². The molecule has 1 aromatic rings. The van der Waals surface area contributed by atoms with Gasteiger partial charge in [-0.15, -0.1) is 0 Å². The summed E-state index contributed by atoms with van der Waals surface area (Å²) < 4.78 is 3.98. The van der Waals surface area contributed by atoms with Crippen molar-refractivity contribution in [3.8, 4) is 0 Å². The Balaban J connectivity index is 0.000000361. The molecule has 0 aliphatic carbocycles. The zero-order chi connectivity index (χ0) is 15.5. The van der Waals surface area contributed by atoms with E-state index in [9.17, 15) is 4.79 Å². The van der Waals surface area contributed by atoms with Crippen LogP contribution in [0.2, 0.25) is 0 Å². The standard InChI is InChI=1S/C7H14N3.C6H14N2O2/c1-3-7(8)10-5-4-9(2)6-10;7-4-2-1-3-5(8)6(9)10/h4-7H,3,8H2,1-2H3;5H,1-4,7-8H2,(H,9,10)/q+1;/t;5-/m.0/s1. The van der Waals surface area contributed by atoms with E-state index in [0.29, 0.717) is 13.0 Å². The molecule has 0 aliphatic heterocycles. The van der Waals surface area contributed by atoms with E-state index in [1.807, 2.05) is 34.9 Å². The quantitative estimate of drug-likeness (QED) is 0.405. The van der Waals surface area contributed by atoms with E-state index < -0.39 is 12.0 Å². The molecule has 7 nitrogen and oxygen atoms in total. The van der Waals surface area contributed by atoms with Gasteiger partial charge >= 0.3 is 5.97 Å². The number of nitrogens with zero attached hydrogens (tertiary/aromatic N) is 2. The molecule has 116 valence electrons. The van der Waals surface area contributed by atoms with Gasteiger partial charge in [-0.25, -0.2) is 9.13 Å². The Kier molecular flexibility index (Phi) is 9.61. The fourth-order valence-corrected chi connectivity index (χ4v) is 1.51. The summed E-state index contributed by atoms with van der Waals surface area (Å²) >= 11 is 0. The Morgan fingerprint density at radius 3 is 2.45 bits per heavy atom. The molecule has 20 heavy (non-hydrogen) atoms. The molecule has 1 heterocycles. The topological polar surface area (TPSA) is 124 Å². The molecular weight excluding hydrogens is 258 g/mol. The lowest BCUT2D eigenvalue weighted by Gasteiger charge is -2.03. The number of carboxylic acids is 1. The van der Waals surface area contributed by atoms with Crippen molar-refractivity contribution in [2.75, 3.05) is 6.54 Å². The minimum absolute atomic E-state index is 0.126. The molecule has 1 rings (SSSR count). The van der Waals surface area contributed by atoms with Gasteiger partial charge < -0.3 is 16.6 Å². The number of rotatable bonds is 7. The second kappa shape index (κ2) is 10.4. The predicted molar refractivity (Wildman–Crippen MR) is 77.6 cm³/mol. The predicted octanol–water partition coefficient (Wildman–Crippen LogP) is -0.293. The Labute approximate surface area is 120 Å². The van der Waals surface area contributed by atoms with E-state index in [1.54, 1.807) is 0 Å². The highest BCUT2D eigenvalue weighted by molar-refractivity contribution is 5.72. The first kappa shape index (κ1) is 18.6. The highest BCUT2D eigenvalue weighted by Gasteiger charge is 2.09. The first-order chi connectivity index (χ1) is 9.42. The number of nitrogens with two attached hydrogens (primary N) is 3. The van der Waals surface area contributed by atoms with Crippen LogP contribution >= 0.6 is 0 Å². The average molecular weight is 286 g/mol. The number of hydrogen-bond donors (Lipinski definition) is 4. The van der Waals surface area contributed by atoms with Crippen LogP contribution < -0.4 is 21.8 Å². The van der Waals surface area contributed by atoms with Crippen molar-refractivity contribution in [2.45, 2.75) is 44.8 Å². The van der Waals surface area contributed by atoms with Crippen LogP contribution in [0.5, 0.6) is 0 Å². The van der Waals surface area contributed by atoms with Gasteiger partial charge in [-0.3, -0.25) is 10.5 Å². The van der Waals surface area contributed by atoms with E-state index in [2.05, 4.69) is 6.92 Å². The Morgan fingerprint density at radius 1 is 1.40 bits per heavy atom. The number of imidazole rings is 1. The van der Waals surface area contributed by atoms with Crippen LogP contribution in [0.25, 0.3) is 0 Å². The minimum Gasteiger partial charge on any atom is -0.480 e. The van der Waals surface area contributed by atoms with Gasteiger partial charge in [-0.2, -0.15) is 0 Å². The highest BCUT2D eigenvalue weighted by atomic mass is 16.4. The van der Waals surface area contributed by atoms with E-state index in [4.69, 9.17) is 22.3 Å². The summed E-state index contributed by atoms with van der Waals surface area (Å²) in [6, 6.07) is -0.716. The van der Waals surface area contributed by atoms with Crippen molar-refractivity contribution >= 4 is 5.97 Å². The Bertz CT molecular complexity index is 381. The molecule has 0 saturated heterocycles. The maximum atomic E-state index is 10.1. The SMILES string of the molecule is CCC(N)n1cc[n+](C)c1.NCCCC[C@H](N)C(=O)O. The van der Waals surface area contributed by atoms with Crippen LogP contribution in [-0.2, 0) is 11.8 Å². The van der Waals surface area contributed by atoms with Crippen molar-refractivity contribution in [3.63, 3.8) is 0 Å². The highest BCUT2D eigenvalue weighted by Crippen LogP contribution is 1.99. The van der Waals surface area contributed by atoms with Crippen molar-refractivity contribution in [1.29, 1.82) is 0 Å². The van der Waals surface area contributed by atoms with Gasteiger partial charge in [0.25, 0.3) is 0 Å². The van der Waals surface area contributed by atoms with Crippen LogP contribution in [-0.4, -0.2) is 28.2 Å². The van der Waals surface area contributed by atoms with Gasteiger partial charge in [0.2, 0.25) is 6.33 Å². The molecule has 0 saturated carbocycles. The zero-order valence-electron chi connectivity index (χ0n) is 12.4. The molecular formula is C13H28N5O2+. The maximum Gasteiger partial charge on any atom is 0.320 e. The molecule has 0 amide bonds. The van der Waals surface area contributed by atoms with E-state index in [0.717, 1.165) is 19.3 Å². The second-order valence-corrected chi connectivity index (χ2v) is 4.73. The number of aromatic nitrogens is 2. The van der Waals surface area contributed by atoms with Crippen LogP contribution in [0, 0.1) is 0 Å². The fourth-order valence-electron chi connectivity index (χ4n) is 1.51. The number of unbranched alkanes of at least 4 members (excludes halogenated alkanes) is 1. The minimum atomic E-state index is -0.933. The normalized spacial score (nSPS) is 13.2. The summed E-state index contributed by atoms with van der Waals surface area (Å²) in [5, 5.41) is 8.33. The maximum absolute atomic E-state index is 10.1. The number of carbonyl (C=O) groups is 1. The average Bonchev–Trinajstić information content (AvgIpc) is 2.85. The molecule has 0 fully saturated rings. The van der Waals surface area contributed by atoms with Gasteiger partial charge in [-0.1, -0.05) is 13.3 Å². The Hall–Kier alpha value is -1.44. The third kappa shape index (κ3) is 7.88. The first-order valence-corrected chi connectivity index (χ1v) is 6.89. The smallest absolute Gasteiger partial charge is 0.320 e. The van der Waals surface area contributed by atoms with Gasteiger partial charge in [-0.05, 0) is 25.8 Å². The number of aliphatic carboxylic acids is 1. The monoisotopic (exact) mass is 286 g/mol. The van der Waals surface area contributed by atoms with Crippen LogP contribution in [0.1, 0.15) is 38.8 Å². The lowest BCUT2D eigenvalue weighted by Crippen LogP contribution is -2.29. The molecule has 0 spiro atoms. The molecule has 0 aromatic carbocycles. The van der Waals surface area contributed by atoms with E-state index in [-0.39, 0.29) is 6.17 Å². The lowest BCUT2D eigenvalue weighted by molar-refractivity contribution is -0.671. The van der Waals surface area contributed by atoms with Crippen LogP contribution in [0.4, 0.5) is 0 Å². The summed E-state index contributed by atoms with van der Waals surface area (Å²) in [5.41, 5.74) is 16.2. The molecule has 0 aliphatic rings. The fraction of sp³-hybridized carbons (Fsp3) is 0.692. The van der Waals surface area contributed by atoms with Crippen molar-refractivity contribution in [1.82, 2.24) is 4.57 Å². The molecule has 7 N–H and O–H groups in total. The number of hydrogen-bond acceptors (Lipinski definition) is 4. The zero-order valence-corrected chi connectivity index (χ0v) is 12.4. The van der Waals surface area contributed by atoms with E-state index in [1.165, 1.54) is 0 Å². The summed E-state index contributed by atoms with van der Waals surface area (Å²) in [4.78, 5) is 10.1. The van der Waals surface area contributed by atoms with Gasteiger partial charge in [0.15, 0.2) is 0 Å².